The van der Waals surface area contributed by atoms with Gasteiger partial charge in [0.25, 0.3) is 5.91 Å². The molecule has 1 aromatic heterocycles. The molecular weight excluding hydrogens is 460 g/mol. The molecule has 8 nitrogen and oxygen atoms in total. The van der Waals surface area contributed by atoms with E-state index in [4.69, 9.17) is 13.9 Å². The number of amides is 1. The van der Waals surface area contributed by atoms with Crippen LogP contribution in [0.15, 0.2) is 63.3 Å². The van der Waals surface area contributed by atoms with Gasteiger partial charge in [-0.3, -0.25) is 4.79 Å². The number of nitrogens with zero attached hydrogens (tertiary/aromatic N) is 1. The third-order valence-electron chi connectivity index (χ3n) is 5.28. The van der Waals surface area contributed by atoms with E-state index in [1.54, 1.807) is 30.3 Å². The van der Waals surface area contributed by atoms with Crippen LogP contribution in [0.1, 0.15) is 55.5 Å². The van der Waals surface area contributed by atoms with E-state index in [-0.39, 0.29) is 22.5 Å². The summed E-state index contributed by atoms with van der Waals surface area (Å²) < 4.78 is 16.2. The Morgan fingerprint density at radius 3 is 2.44 bits per heavy atom. The van der Waals surface area contributed by atoms with Crippen molar-refractivity contribution in [2.45, 2.75) is 39.5 Å². The number of nitrogens with one attached hydrogen (secondary N) is 1. The maximum Gasteiger partial charge on any atom is 0.354 e. The van der Waals surface area contributed by atoms with Gasteiger partial charge in [0.15, 0.2) is 0 Å². The molecule has 186 valence electrons. The second kappa shape index (κ2) is 12.9. The maximum absolute atomic E-state index is 12.6. The number of hydrogen-bond acceptors (Lipinski definition) is 7. The second-order valence-corrected chi connectivity index (χ2v) is 8.09. The Labute approximate surface area is 209 Å². The summed E-state index contributed by atoms with van der Waals surface area (Å²) in [5, 5.41) is 12.6. The van der Waals surface area contributed by atoms with Crippen molar-refractivity contribution >= 4 is 28.9 Å². The fraction of sp³-hybridized carbons (Fsp3) is 0.286. The number of rotatable bonds is 11. The fourth-order valence-corrected chi connectivity index (χ4v) is 3.25. The van der Waals surface area contributed by atoms with Gasteiger partial charge in [0.2, 0.25) is 0 Å². The smallest absolute Gasteiger partial charge is 0.354 e. The highest BCUT2D eigenvalue weighted by molar-refractivity contribution is 5.99. The molecule has 1 amide bonds. The van der Waals surface area contributed by atoms with Gasteiger partial charge in [-0.1, -0.05) is 38.8 Å². The van der Waals surface area contributed by atoms with E-state index in [9.17, 15) is 19.6 Å². The molecule has 0 fully saturated rings. The third kappa shape index (κ3) is 7.06. The van der Waals surface area contributed by atoms with Crippen molar-refractivity contribution in [1.29, 1.82) is 5.26 Å². The molecule has 0 atom stereocenters. The van der Waals surface area contributed by atoms with E-state index in [1.807, 2.05) is 13.0 Å². The Hall–Kier alpha value is -4.38. The van der Waals surface area contributed by atoms with E-state index in [0.717, 1.165) is 25.7 Å². The van der Waals surface area contributed by atoms with Crippen LogP contribution in [0.5, 0.6) is 11.5 Å². The van der Waals surface area contributed by atoms with Crippen molar-refractivity contribution in [2.75, 3.05) is 13.2 Å². The first-order valence-corrected chi connectivity index (χ1v) is 11.9. The molecule has 0 saturated carbocycles. The minimum Gasteiger partial charge on any atom is -0.494 e. The Bertz CT molecular complexity index is 1350. The van der Waals surface area contributed by atoms with Crippen molar-refractivity contribution in [3.8, 4) is 17.6 Å². The van der Waals surface area contributed by atoms with Crippen LogP contribution in [0.4, 0.5) is 0 Å². The standard InChI is InChI=1S/C28H28N2O6/c1-3-5-13-30-26(31)24-16-20-9-12-23(17-25(20)36-28(24)33)35-27(32)21(18-29)15-19-7-10-22(11-8-19)34-14-6-4-2/h7-12,15-17H,3-6,13-14H2,1-2H3,(H,30,31)/b21-15+. The summed E-state index contributed by atoms with van der Waals surface area (Å²) in [5.74, 6) is -0.550. The number of fused-ring (bicyclic) bond motifs is 1. The summed E-state index contributed by atoms with van der Waals surface area (Å²) in [6, 6.07) is 14.7. The maximum atomic E-state index is 12.6. The zero-order chi connectivity index (χ0) is 25.9. The van der Waals surface area contributed by atoms with Gasteiger partial charge in [0.05, 0.1) is 6.61 Å². The van der Waals surface area contributed by atoms with E-state index in [1.165, 1.54) is 24.3 Å². The van der Waals surface area contributed by atoms with Crippen LogP contribution in [0.3, 0.4) is 0 Å². The number of benzene rings is 2. The molecule has 0 aliphatic heterocycles. The highest BCUT2D eigenvalue weighted by atomic mass is 16.5. The lowest BCUT2D eigenvalue weighted by Gasteiger charge is -2.07. The first-order chi connectivity index (χ1) is 17.4. The largest absolute Gasteiger partial charge is 0.494 e. The summed E-state index contributed by atoms with van der Waals surface area (Å²) >= 11 is 0. The number of ether oxygens (including phenoxy) is 2. The summed E-state index contributed by atoms with van der Waals surface area (Å²) in [7, 11) is 0. The lowest BCUT2D eigenvalue weighted by atomic mass is 10.1. The summed E-state index contributed by atoms with van der Waals surface area (Å²) in [5.41, 5.74) is -0.299. The first kappa shape index (κ1) is 26.2. The molecule has 0 saturated heterocycles. The Morgan fingerprint density at radius 2 is 1.75 bits per heavy atom. The van der Waals surface area contributed by atoms with E-state index in [2.05, 4.69) is 12.2 Å². The average Bonchev–Trinajstić information content (AvgIpc) is 2.87. The molecule has 8 heteroatoms. The van der Waals surface area contributed by atoms with Gasteiger partial charge in [-0.15, -0.1) is 0 Å². The molecular formula is C28H28N2O6. The summed E-state index contributed by atoms with van der Waals surface area (Å²) in [6.45, 7) is 5.17. The zero-order valence-corrected chi connectivity index (χ0v) is 20.3. The number of hydrogen-bond donors (Lipinski definition) is 1. The molecule has 1 heterocycles. The van der Waals surface area contributed by atoms with Crippen LogP contribution in [-0.4, -0.2) is 25.0 Å². The third-order valence-corrected chi connectivity index (χ3v) is 5.28. The van der Waals surface area contributed by atoms with Crippen molar-refractivity contribution < 1.29 is 23.5 Å². The van der Waals surface area contributed by atoms with Crippen LogP contribution in [0.25, 0.3) is 17.0 Å². The van der Waals surface area contributed by atoms with Crippen molar-refractivity contribution in [3.05, 3.63) is 75.7 Å². The van der Waals surface area contributed by atoms with Gasteiger partial charge in [0.1, 0.15) is 34.3 Å². The molecule has 3 aromatic rings. The Balaban J connectivity index is 1.72. The van der Waals surface area contributed by atoms with Crippen LogP contribution in [0, 0.1) is 11.3 Å². The molecule has 2 aromatic carbocycles. The van der Waals surface area contributed by atoms with Gasteiger partial charge >= 0.3 is 11.6 Å². The number of nitriles is 1. The number of carbonyl (C=O) groups excluding carboxylic acids is 2. The van der Waals surface area contributed by atoms with Gasteiger partial charge < -0.3 is 19.2 Å². The SMILES string of the molecule is CCCCNC(=O)c1cc2ccc(OC(=O)/C(C#N)=C/c3ccc(OCCCC)cc3)cc2oc1=O. The van der Waals surface area contributed by atoms with Crippen molar-refractivity contribution in [1.82, 2.24) is 5.32 Å². The van der Waals surface area contributed by atoms with Crippen molar-refractivity contribution in [3.63, 3.8) is 0 Å². The fourth-order valence-electron chi connectivity index (χ4n) is 3.25. The molecule has 0 spiro atoms. The molecule has 0 bridgehead atoms. The Kier molecular flexibility index (Phi) is 9.40. The van der Waals surface area contributed by atoms with Gasteiger partial charge in [-0.05, 0) is 54.8 Å². The Morgan fingerprint density at radius 1 is 1.03 bits per heavy atom. The second-order valence-electron chi connectivity index (χ2n) is 8.09. The minimum absolute atomic E-state index is 0.0941. The normalized spacial score (nSPS) is 11.1. The van der Waals surface area contributed by atoms with E-state index in [0.29, 0.717) is 29.9 Å². The molecule has 3 rings (SSSR count). The topological polar surface area (TPSA) is 119 Å². The minimum atomic E-state index is -0.852. The molecule has 0 radical (unpaired) electrons. The number of unbranched alkanes of at least 4 members (excludes halogenated alkanes) is 2. The lowest BCUT2D eigenvalue weighted by molar-refractivity contribution is -0.129. The highest BCUT2D eigenvalue weighted by Gasteiger charge is 2.16. The molecule has 0 aliphatic carbocycles. The predicted molar refractivity (Wildman–Crippen MR) is 136 cm³/mol. The monoisotopic (exact) mass is 488 g/mol. The molecule has 1 N–H and O–H groups in total. The van der Waals surface area contributed by atoms with Crippen LogP contribution in [-0.2, 0) is 4.79 Å². The highest BCUT2D eigenvalue weighted by Crippen LogP contribution is 2.22. The molecule has 36 heavy (non-hydrogen) atoms. The van der Waals surface area contributed by atoms with Gasteiger partial charge in [-0.2, -0.15) is 5.26 Å². The first-order valence-electron chi connectivity index (χ1n) is 11.9. The quantitative estimate of drug-likeness (QED) is 0.101. The van der Waals surface area contributed by atoms with Crippen LogP contribution < -0.4 is 20.4 Å². The van der Waals surface area contributed by atoms with Gasteiger partial charge in [0, 0.05) is 18.0 Å². The van der Waals surface area contributed by atoms with E-state index < -0.39 is 17.5 Å². The number of carbonyl (C=O) groups is 2. The van der Waals surface area contributed by atoms with Crippen LogP contribution in [0.2, 0.25) is 0 Å². The lowest BCUT2D eigenvalue weighted by Crippen LogP contribution is -2.28. The zero-order valence-electron chi connectivity index (χ0n) is 20.3. The van der Waals surface area contributed by atoms with E-state index >= 15 is 0 Å². The average molecular weight is 489 g/mol. The number of esters is 1. The molecule has 0 aliphatic rings. The predicted octanol–water partition coefficient (Wildman–Crippen LogP) is 5.01. The van der Waals surface area contributed by atoms with Crippen molar-refractivity contribution in [2.24, 2.45) is 0 Å². The summed E-state index contributed by atoms with van der Waals surface area (Å²) in [6.07, 6.45) is 5.13. The van der Waals surface area contributed by atoms with Gasteiger partial charge in [-0.25, -0.2) is 9.59 Å². The molecule has 0 unspecified atom stereocenters. The summed E-state index contributed by atoms with van der Waals surface area (Å²) in [4.78, 5) is 37.1. The van der Waals surface area contributed by atoms with Crippen LogP contribution >= 0.6 is 0 Å².